The topological polar surface area (TPSA) is 44.8 Å². The molecular formula is C24H46O4S. The van der Waals surface area contributed by atoms with Crippen molar-refractivity contribution in [3.8, 4) is 0 Å². The SMILES string of the molecule is CCCCCCCCC1SC1CCCCCCCC(=O)OCCOCCOCC. The largest absolute Gasteiger partial charge is 0.463 e. The highest BCUT2D eigenvalue weighted by molar-refractivity contribution is 8.07. The van der Waals surface area contributed by atoms with E-state index in [0.29, 0.717) is 39.5 Å². The summed E-state index contributed by atoms with van der Waals surface area (Å²) in [6.45, 7) is 6.92. The quantitative estimate of drug-likeness (QED) is 0.111. The van der Waals surface area contributed by atoms with Crippen molar-refractivity contribution in [2.75, 3.05) is 33.0 Å². The first-order chi connectivity index (χ1) is 14.3. The van der Waals surface area contributed by atoms with Gasteiger partial charge in [-0.25, -0.2) is 0 Å². The first-order valence-electron chi connectivity index (χ1n) is 12.2. The van der Waals surface area contributed by atoms with E-state index in [9.17, 15) is 4.79 Å². The molecule has 1 saturated heterocycles. The number of hydrogen-bond acceptors (Lipinski definition) is 5. The molecule has 5 heteroatoms. The highest BCUT2D eigenvalue weighted by atomic mass is 32.2. The number of unbranched alkanes of at least 4 members (excludes halogenated alkanes) is 9. The van der Waals surface area contributed by atoms with Crippen LogP contribution in [0.1, 0.15) is 104 Å². The zero-order valence-corrected chi connectivity index (χ0v) is 19.9. The molecule has 2 unspecified atom stereocenters. The summed E-state index contributed by atoms with van der Waals surface area (Å²) < 4.78 is 15.7. The Morgan fingerprint density at radius 1 is 0.690 bits per heavy atom. The molecule has 0 aromatic carbocycles. The van der Waals surface area contributed by atoms with Gasteiger partial charge in [-0.05, 0) is 26.2 Å². The van der Waals surface area contributed by atoms with Crippen molar-refractivity contribution in [2.24, 2.45) is 0 Å². The van der Waals surface area contributed by atoms with Gasteiger partial charge in [-0.15, -0.1) is 0 Å². The lowest BCUT2D eigenvalue weighted by Crippen LogP contribution is -2.12. The molecule has 0 spiro atoms. The molecule has 1 rings (SSSR count). The van der Waals surface area contributed by atoms with E-state index in [1.54, 1.807) is 0 Å². The number of hydrogen-bond donors (Lipinski definition) is 0. The number of rotatable bonds is 22. The molecule has 1 aliphatic heterocycles. The maximum atomic E-state index is 11.7. The van der Waals surface area contributed by atoms with Gasteiger partial charge in [0.15, 0.2) is 0 Å². The number of carbonyl (C=O) groups is 1. The summed E-state index contributed by atoms with van der Waals surface area (Å²) in [5.41, 5.74) is 0. The fourth-order valence-electron chi connectivity index (χ4n) is 3.61. The molecule has 0 N–H and O–H groups in total. The van der Waals surface area contributed by atoms with Gasteiger partial charge in [-0.1, -0.05) is 71.1 Å². The van der Waals surface area contributed by atoms with Crippen molar-refractivity contribution in [1.82, 2.24) is 0 Å². The van der Waals surface area contributed by atoms with Crippen molar-refractivity contribution in [1.29, 1.82) is 0 Å². The van der Waals surface area contributed by atoms with Gasteiger partial charge in [0.1, 0.15) is 6.61 Å². The van der Waals surface area contributed by atoms with E-state index in [-0.39, 0.29) is 5.97 Å². The lowest BCUT2D eigenvalue weighted by atomic mass is 10.0. The number of ether oxygens (including phenoxy) is 3. The second kappa shape index (κ2) is 19.7. The summed E-state index contributed by atoms with van der Waals surface area (Å²) in [6.07, 6.45) is 17.9. The highest BCUT2D eigenvalue weighted by Gasteiger charge is 2.36. The predicted octanol–water partition coefficient (Wildman–Crippen LogP) is 6.55. The van der Waals surface area contributed by atoms with Gasteiger partial charge in [0.05, 0.1) is 19.8 Å². The lowest BCUT2D eigenvalue weighted by molar-refractivity contribution is -0.145. The van der Waals surface area contributed by atoms with Gasteiger partial charge in [0.25, 0.3) is 0 Å². The molecule has 172 valence electrons. The van der Waals surface area contributed by atoms with Crippen molar-refractivity contribution < 1.29 is 19.0 Å². The van der Waals surface area contributed by atoms with Crippen molar-refractivity contribution in [3.05, 3.63) is 0 Å². The van der Waals surface area contributed by atoms with Crippen LogP contribution >= 0.6 is 11.8 Å². The maximum Gasteiger partial charge on any atom is 0.305 e. The Balaban J connectivity index is 1.75. The third-order valence-electron chi connectivity index (χ3n) is 5.47. The van der Waals surface area contributed by atoms with Crippen LogP contribution in [0.2, 0.25) is 0 Å². The third kappa shape index (κ3) is 17.1. The molecule has 0 aromatic rings. The molecule has 29 heavy (non-hydrogen) atoms. The van der Waals surface area contributed by atoms with Crippen LogP contribution in [0.3, 0.4) is 0 Å². The van der Waals surface area contributed by atoms with Crippen LogP contribution in [0, 0.1) is 0 Å². The van der Waals surface area contributed by atoms with Gasteiger partial charge in [-0.2, -0.15) is 11.8 Å². The Morgan fingerprint density at radius 2 is 1.24 bits per heavy atom. The molecule has 0 radical (unpaired) electrons. The standard InChI is InChI=1S/C24H46O4S/c1-3-5-6-7-9-12-15-22-23(29-22)16-13-10-8-11-14-17-24(25)28-21-20-27-19-18-26-4-2/h22-23H,3-21H2,1-2H3. The second-order valence-electron chi connectivity index (χ2n) is 8.11. The normalized spacial score (nSPS) is 18.1. The zero-order chi connectivity index (χ0) is 21.0. The number of carbonyl (C=O) groups excluding carboxylic acids is 1. The van der Waals surface area contributed by atoms with Gasteiger partial charge in [0, 0.05) is 23.5 Å². The Labute approximate surface area is 184 Å². The first-order valence-corrected chi connectivity index (χ1v) is 13.2. The van der Waals surface area contributed by atoms with E-state index in [1.807, 2.05) is 6.92 Å². The summed E-state index contributed by atoms with van der Waals surface area (Å²) in [4.78, 5) is 11.7. The molecule has 1 aliphatic rings. The number of thioether (sulfide) groups is 1. The van der Waals surface area contributed by atoms with Crippen LogP contribution < -0.4 is 0 Å². The molecule has 1 heterocycles. The monoisotopic (exact) mass is 430 g/mol. The van der Waals surface area contributed by atoms with E-state index in [0.717, 1.165) is 23.3 Å². The van der Waals surface area contributed by atoms with E-state index in [2.05, 4.69) is 18.7 Å². The van der Waals surface area contributed by atoms with E-state index < -0.39 is 0 Å². The highest BCUT2D eigenvalue weighted by Crippen LogP contribution is 2.47. The fourth-order valence-corrected chi connectivity index (χ4v) is 4.84. The molecule has 4 nitrogen and oxygen atoms in total. The van der Waals surface area contributed by atoms with Crippen LogP contribution in [0.5, 0.6) is 0 Å². The smallest absolute Gasteiger partial charge is 0.305 e. The van der Waals surface area contributed by atoms with Crippen molar-refractivity contribution >= 4 is 17.7 Å². The summed E-state index contributed by atoms with van der Waals surface area (Å²) in [7, 11) is 0. The van der Waals surface area contributed by atoms with Crippen LogP contribution in [0.4, 0.5) is 0 Å². The van der Waals surface area contributed by atoms with Crippen molar-refractivity contribution in [3.63, 3.8) is 0 Å². The molecule has 1 fully saturated rings. The lowest BCUT2D eigenvalue weighted by Gasteiger charge is -2.06. The van der Waals surface area contributed by atoms with Gasteiger partial charge < -0.3 is 14.2 Å². The van der Waals surface area contributed by atoms with E-state index in [1.165, 1.54) is 70.6 Å². The molecule has 0 amide bonds. The molecule has 0 aromatic heterocycles. The summed E-state index contributed by atoms with van der Waals surface area (Å²) in [5.74, 6) is -0.0923. The average Bonchev–Trinajstić information content (AvgIpc) is 3.47. The minimum absolute atomic E-state index is 0.0923. The predicted molar refractivity (Wildman–Crippen MR) is 124 cm³/mol. The minimum Gasteiger partial charge on any atom is -0.463 e. The first kappa shape index (κ1) is 26.8. The van der Waals surface area contributed by atoms with Gasteiger partial charge in [-0.3, -0.25) is 4.79 Å². The van der Waals surface area contributed by atoms with Gasteiger partial charge >= 0.3 is 5.97 Å². The van der Waals surface area contributed by atoms with E-state index in [4.69, 9.17) is 14.2 Å². The Morgan fingerprint density at radius 3 is 1.90 bits per heavy atom. The van der Waals surface area contributed by atoms with Crippen LogP contribution in [0.25, 0.3) is 0 Å². The summed E-state index contributed by atoms with van der Waals surface area (Å²) >= 11 is 2.21. The molecule has 0 bridgehead atoms. The average molecular weight is 431 g/mol. The van der Waals surface area contributed by atoms with Crippen LogP contribution in [-0.2, 0) is 19.0 Å². The van der Waals surface area contributed by atoms with Crippen LogP contribution in [-0.4, -0.2) is 49.5 Å². The molecule has 0 saturated carbocycles. The van der Waals surface area contributed by atoms with Crippen LogP contribution in [0.15, 0.2) is 0 Å². The Kier molecular flexibility index (Phi) is 18.2. The summed E-state index contributed by atoms with van der Waals surface area (Å²) in [6, 6.07) is 0. The minimum atomic E-state index is -0.0923. The number of esters is 1. The fraction of sp³-hybridized carbons (Fsp3) is 0.958. The van der Waals surface area contributed by atoms with Gasteiger partial charge in [0.2, 0.25) is 0 Å². The van der Waals surface area contributed by atoms with E-state index >= 15 is 0 Å². The Bertz CT molecular complexity index is 378. The molecule has 2 atom stereocenters. The zero-order valence-electron chi connectivity index (χ0n) is 19.1. The Hall–Kier alpha value is -0.260. The second-order valence-corrected chi connectivity index (χ2v) is 9.59. The van der Waals surface area contributed by atoms with Crippen molar-refractivity contribution in [2.45, 2.75) is 114 Å². The maximum absolute atomic E-state index is 11.7. The summed E-state index contributed by atoms with van der Waals surface area (Å²) in [5, 5.41) is 1.93. The molecular weight excluding hydrogens is 384 g/mol. The third-order valence-corrected chi connectivity index (χ3v) is 6.98. The molecule has 0 aliphatic carbocycles.